The number of aliphatic hydroxyl groups is 1. The Kier molecular flexibility index (Phi) is 22.4. The lowest BCUT2D eigenvalue weighted by Crippen LogP contribution is -2.61. The van der Waals surface area contributed by atoms with Crippen LogP contribution in [0, 0.1) is 11.8 Å². The number of carbonyl (C=O) groups excluding carboxylic acids is 10. The fraction of sp³-hybridized carbons (Fsp3) is 0.636. The number of rotatable bonds is 17. The molecular formula is C44H69N11O14S. The molecule has 0 saturated carbocycles. The Hall–Kier alpha value is -6.41. The zero-order valence-corrected chi connectivity index (χ0v) is 40.7. The smallest absolute Gasteiger partial charge is 0.245 e. The third-order valence-corrected chi connectivity index (χ3v) is 13.6. The zero-order valence-electron chi connectivity index (χ0n) is 39.9. The number of primary amides is 3. The highest BCUT2D eigenvalue weighted by atomic mass is 32.2. The van der Waals surface area contributed by atoms with E-state index in [0.29, 0.717) is 12.0 Å². The molecule has 0 aliphatic carbocycles. The van der Waals surface area contributed by atoms with Gasteiger partial charge in [0.25, 0.3) is 0 Å². The molecule has 10 amide bonds. The number of benzene rings is 1. The largest absolute Gasteiger partial charge is 0.508 e. The third-order valence-electron chi connectivity index (χ3n) is 11.9. The van der Waals surface area contributed by atoms with Gasteiger partial charge in [-0.1, -0.05) is 46.2 Å². The van der Waals surface area contributed by atoms with Gasteiger partial charge < -0.3 is 64.2 Å². The first-order valence-electron chi connectivity index (χ1n) is 23.2. The summed E-state index contributed by atoms with van der Waals surface area (Å²) in [7, 11) is -4.22. The summed E-state index contributed by atoms with van der Waals surface area (Å²) >= 11 is 0. The Labute approximate surface area is 406 Å². The van der Waals surface area contributed by atoms with Crippen molar-refractivity contribution in [1.82, 2.24) is 42.1 Å². The molecule has 0 bridgehead atoms. The van der Waals surface area contributed by atoms with E-state index in [9.17, 15) is 66.6 Å². The molecule has 70 heavy (non-hydrogen) atoms. The Balaban J connectivity index is 2.09. The molecule has 15 N–H and O–H groups in total. The van der Waals surface area contributed by atoms with Crippen LogP contribution in [0.25, 0.3) is 0 Å². The van der Waals surface area contributed by atoms with Crippen LogP contribution in [-0.4, -0.2) is 156 Å². The normalized spacial score (nSPS) is 24.9. The van der Waals surface area contributed by atoms with Crippen molar-refractivity contribution in [1.29, 1.82) is 0 Å². The van der Waals surface area contributed by atoms with Gasteiger partial charge in [0.2, 0.25) is 59.1 Å². The first-order valence-corrected chi connectivity index (χ1v) is 25.0. The van der Waals surface area contributed by atoms with Gasteiger partial charge in [-0.3, -0.25) is 53.3 Å². The number of sulfone groups is 1. The molecule has 2 heterocycles. The zero-order chi connectivity index (χ0) is 52.5. The summed E-state index contributed by atoms with van der Waals surface area (Å²) in [5, 5.41) is 38.6. The summed E-state index contributed by atoms with van der Waals surface area (Å²) in [6.45, 7) is 6.35. The second kappa shape index (κ2) is 27.1. The molecule has 26 heteroatoms. The van der Waals surface area contributed by atoms with Crippen molar-refractivity contribution in [3.63, 3.8) is 0 Å². The molecule has 1 aromatic rings. The van der Waals surface area contributed by atoms with Crippen molar-refractivity contribution in [2.75, 3.05) is 24.6 Å². The van der Waals surface area contributed by atoms with E-state index in [-0.39, 0.29) is 43.9 Å². The van der Waals surface area contributed by atoms with Crippen LogP contribution in [-0.2, 0) is 64.2 Å². The topological polar surface area (TPSA) is 411 Å². The van der Waals surface area contributed by atoms with Gasteiger partial charge in [0.1, 0.15) is 48.2 Å². The van der Waals surface area contributed by atoms with Crippen molar-refractivity contribution in [2.24, 2.45) is 29.0 Å². The van der Waals surface area contributed by atoms with E-state index in [1.54, 1.807) is 27.7 Å². The number of phenols is 1. The number of amides is 10. The lowest BCUT2D eigenvalue weighted by Gasteiger charge is -2.31. The number of hydrogen-bond acceptors (Lipinski definition) is 15. The number of carbonyl (C=O) groups is 10. The summed E-state index contributed by atoms with van der Waals surface area (Å²) in [5.41, 5.74) is 16.5. The molecule has 9 atom stereocenters. The first kappa shape index (κ1) is 57.9. The van der Waals surface area contributed by atoms with Crippen molar-refractivity contribution in [3.05, 3.63) is 29.8 Å². The number of hydrogen-bond donors (Lipinski definition) is 12. The summed E-state index contributed by atoms with van der Waals surface area (Å²) in [6, 6.07) is -4.56. The Morgan fingerprint density at radius 3 is 2.01 bits per heavy atom. The number of nitrogens with two attached hydrogens (primary N) is 3. The number of nitrogens with zero attached hydrogens (tertiary/aromatic N) is 1. The van der Waals surface area contributed by atoms with E-state index < -0.39 is 174 Å². The highest BCUT2D eigenvalue weighted by Gasteiger charge is 2.41. The minimum atomic E-state index is -4.22. The third kappa shape index (κ3) is 18.8. The van der Waals surface area contributed by atoms with E-state index in [2.05, 4.69) is 37.2 Å². The molecule has 390 valence electrons. The molecule has 2 aliphatic rings. The fourth-order valence-electron chi connectivity index (χ4n) is 7.86. The molecule has 2 aliphatic heterocycles. The molecular weight excluding hydrogens is 939 g/mol. The molecule has 1 aromatic carbocycles. The van der Waals surface area contributed by atoms with Crippen molar-refractivity contribution >= 4 is 68.9 Å². The molecule has 25 nitrogen and oxygen atoms in total. The van der Waals surface area contributed by atoms with Gasteiger partial charge in [-0.25, -0.2) is 8.42 Å². The van der Waals surface area contributed by atoms with Crippen LogP contribution in [0.4, 0.5) is 0 Å². The Bertz CT molecular complexity index is 2180. The van der Waals surface area contributed by atoms with Crippen molar-refractivity contribution in [3.8, 4) is 5.75 Å². The lowest BCUT2D eigenvalue weighted by molar-refractivity contribution is -0.142. The van der Waals surface area contributed by atoms with Gasteiger partial charge in [-0.2, -0.15) is 0 Å². The van der Waals surface area contributed by atoms with Gasteiger partial charge in [-0.15, -0.1) is 0 Å². The van der Waals surface area contributed by atoms with E-state index in [1.165, 1.54) is 24.3 Å². The summed E-state index contributed by atoms with van der Waals surface area (Å²) in [5.74, 6) is -11.6. The predicted octanol–water partition coefficient (Wildman–Crippen LogP) is -4.33. The van der Waals surface area contributed by atoms with Gasteiger partial charge >= 0.3 is 0 Å². The second-order valence-electron chi connectivity index (χ2n) is 18.1. The Morgan fingerprint density at radius 1 is 0.800 bits per heavy atom. The highest BCUT2D eigenvalue weighted by molar-refractivity contribution is 7.91. The van der Waals surface area contributed by atoms with Gasteiger partial charge in [0.05, 0.1) is 30.5 Å². The van der Waals surface area contributed by atoms with Crippen LogP contribution in [0.1, 0.15) is 91.0 Å². The molecule has 2 fully saturated rings. The number of nitrogens with one attached hydrogen (secondary N) is 7. The van der Waals surface area contributed by atoms with Crippen molar-refractivity contribution in [2.45, 2.75) is 140 Å². The lowest BCUT2D eigenvalue weighted by atomic mass is 9.96. The standard InChI is InChI=1S/C44H69N11O14S/c1-5-24(4)37-43(66)50-27(12-13-33(45)57)39(62)52-31(21-34(46)58)40(63)51-28(44(67)55-16-6-7-32(55)42(65)53-29(19-23(2)3)38(61)48-22-35(47)59)14-17-70(68,69)18-15-36(60)49-30(41(64)54-37)20-25-8-10-26(56)11-9-25/h8-11,23-24,27-32,36-37,49,56,60H,5-7,12-22H2,1-4H3,(H2,45,57)(H2,46,58)(H2,47,59)(H,48,61)(H,50,66)(H,51,63)(H,52,62)(H,53,65)(H,54,64)/t24-,27-,28-,29-,30+,31-,32-,36?,37-/m0/s1. The number of phenolic OH excluding ortho intramolecular Hbond substituents is 1. The van der Waals surface area contributed by atoms with E-state index >= 15 is 0 Å². The molecule has 0 aromatic heterocycles. The van der Waals surface area contributed by atoms with Crippen LogP contribution in [0.3, 0.4) is 0 Å². The maximum atomic E-state index is 14.5. The van der Waals surface area contributed by atoms with Gasteiger partial charge in [0, 0.05) is 19.4 Å². The fourth-order valence-corrected chi connectivity index (χ4v) is 9.24. The molecule has 0 spiro atoms. The second-order valence-corrected chi connectivity index (χ2v) is 20.4. The number of likely N-dealkylation sites (tertiary alicyclic amines) is 1. The molecule has 2 saturated heterocycles. The predicted molar refractivity (Wildman–Crippen MR) is 250 cm³/mol. The molecule has 1 unspecified atom stereocenters. The van der Waals surface area contributed by atoms with E-state index in [0.717, 1.165) is 4.90 Å². The van der Waals surface area contributed by atoms with Crippen LogP contribution >= 0.6 is 0 Å². The SMILES string of the molecule is CC[C@H](C)[C@@H]1NC(=O)[C@@H](Cc2ccc(O)cc2)NC(O)CCS(=O)(=O)CC[C@@H](C(=O)N2CCC[C@H]2C(=O)N[C@@H](CC(C)C)C(=O)NCC(N)=O)NC(=O)[C@H](CC(N)=O)NC(=O)[C@H](CCC(N)=O)NC1=O. The average molecular weight is 1010 g/mol. The highest BCUT2D eigenvalue weighted by Crippen LogP contribution is 2.21. The van der Waals surface area contributed by atoms with E-state index in [4.69, 9.17) is 17.2 Å². The maximum absolute atomic E-state index is 14.5. The molecule has 0 radical (unpaired) electrons. The summed E-state index contributed by atoms with van der Waals surface area (Å²) in [6.07, 6.45) is -3.90. The van der Waals surface area contributed by atoms with Crippen molar-refractivity contribution < 1.29 is 66.6 Å². The number of aliphatic hydroxyl groups excluding tert-OH is 1. The Morgan fingerprint density at radius 2 is 1.41 bits per heavy atom. The van der Waals surface area contributed by atoms with Crippen LogP contribution in [0.15, 0.2) is 24.3 Å². The minimum absolute atomic E-state index is 0.0597. The molecule has 3 rings (SSSR count). The van der Waals surface area contributed by atoms with Crippen LogP contribution < -0.4 is 54.4 Å². The van der Waals surface area contributed by atoms with Gasteiger partial charge in [-0.05, 0) is 68.1 Å². The van der Waals surface area contributed by atoms with Crippen LogP contribution in [0.5, 0.6) is 5.75 Å². The maximum Gasteiger partial charge on any atom is 0.245 e. The first-order chi connectivity index (χ1) is 32.8. The summed E-state index contributed by atoms with van der Waals surface area (Å²) in [4.78, 5) is 134. The van der Waals surface area contributed by atoms with E-state index in [1.807, 2.05) is 0 Å². The monoisotopic (exact) mass is 1010 g/mol. The van der Waals surface area contributed by atoms with Gasteiger partial charge in [0.15, 0.2) is 9.84 Å². The van der Waals surface area contributed by atoms with Crippen LogP contribution in [0.2, 0.25) is 0 Å². The minimum Gasteiger partial charge on any atom is -0.508 e. The summed E-state index contributed by atoms with van der Waals surface area (Å²) < 4.78 is 27.3. The quantitative estimate of drug-likeness (QED) is 0.0702. The number of aromatic hydroxyl groups is 1. The average Bonchev–Trinajstić information content (AvgIpc) is 3.78.